The van der Waals surface area contributed by atoms with E-state index in [4.69, 9.17) is 4.74 Å². The monoisotopic (exact) mass is 466 g/mol. The smallest absolute Gasteiger partial charge is 0.321 e. The van der Waals surface area contributed by atoms with Crippen LogP contribution in [0.2, 0.25) is 0 Å². The molecule has 184 valence electrons. The number of rotatable bonds is 5. The highest BCUT2D eigenvalue weighted by molar-refractivity contribution is 5.95. The summed E-state index contributed by atoms with van der Waals surface area (Å²) in [4.78, 5) is 37.9. The summed E-state index contributed by atoms with van der Waals surface area (Å²) in [6.45, 7) is 3.90. The van der Waals surface area contributed by atoms with E-state index in [1.54, 1.807) is 0 Å². The Morgan fingerprint density at radius 2 is 1.68 bits per heavy atom. The SMILES string of the molecule is Cc1ccc(C23C[C@@H]4C[C@@H](CC(C(=O)OCC(=O)NC(=O)NC5CCCCC5)(C4)C2)C3)cc1C. The molecule has 5 fully saturated rings. The number of nitrogens with one attached hydrogen (secondary N) is 2. The summed E-state index contributed by atoms with van der Waals surface area (Å²) in [7, 11) is 0. The summed E-state index contributed by atoms with van der Waals surface area (Å²) in [5.74, 6) is 0.254. The van der Waals surface area contributed by atoms with Crippen LogP contribution in [0, 0.1) is 31.1 Å². The van der Waals surface area contributed by atoms with E-state index in [1.165, 1.54) is 29.5 Å². The van der Waals surface area contributed by atoms with Crippen LogP contribution in [0.3, 0.4) is 0 Å². The van der Waals surface area contributed by atoms with Gasteiger partial charge in [-0.3, -0.25) is 14.9 Å². The maximum absolute atomic E-state index is 13.4. The Bertz CT molecular complexity index is 967. The molecular formula is C28H38N2O4. The summed E-state index contributed by atoms with van der Waals surface area (Å²) >= 11 is 0. The molecule has 0 spiro atoms. The molecule has 5 aliphatic carbocycles. The van der Waals surface area contributed by atoms with Crippen LogP contribution in [0.5, 0.6) is 0 Å². The first-order valence-electron chi connectivity index (χ1n) is 13.1. The molecule has 4 bridgehead atoms. The summed E-state index contributed by atoms with van der Waals surface area (Å²) < 4.78 is 5.57. The largest absolute Gasteiger partial charge is 0.455 e. The van der Waals surface area contributed by atoms with Crippen LogP contribution in [0.15, 0.2) is 18.2 Å². The van der Waals surface area contributed by atoms with Crippen molar-refractivity contribution in [2.45, 2.75) is 95.9 Å². The molecule has 5 aliphatic rings. The molecule has 5 saturated carbocycles. The minimum Gasteiger partial charge on any atom is -0.455 e. The number of imide groups is 1. The molecule has 2 unspecified atom stereocenters. The van der Waals surface area contributed by atoms with E-state index in [-0.39, 0.29) is 17.4 Å². The minimum absolute atomic E-state index is 0.0315. The van der Waals surface area contributed by atoms with E-state index in [0.29, 0.717) is 11.8 Å². The second-order valence-corrected chi connectivity index (χ2v) is 11.8. The maximum Gasteiger partial charge on any atom is 0.321 e. The van der Waals surface area contributed by atoms with E-state index >= 15 is 0 Å². The zero-order valence-corrected chi connectivity index (χ0v) is 20.6. The lowest BCUT2D eigenvalue weighted by atomic mass is 9.43. The molecule has 3 amide bonds. The maximum atomic E-state index is 13.4. The highest BCUT2D eigenvalue weighted by Crippen LogP contribution is 2.66. The fraction of sp³-hybridized carbons (Fsp3) is 0.679. The molecule has 1 aromatic rings. The molecule has 0 heterocycles. The number of amides is 3. The first-order chi connectivity index (χ1) is 16.3. The third kappa shape index (κ3) is 4.48. The fourth-order valence-corrected chi connectivity index (χ4v) is 7.83. The Balaban J connectivity index is 1.22. The van der Waals surface area contributed by atoms with Gasteiger partial charge < -0.3 is 10.1 Å². The molecule has 4 atom stereocenters. The van der Waals surface area contributed by atoms with Gasteiger partial charge in [-0.2, -0.15) is 0 Å². The quantitative estimate of drug-likeness (QED) is 0.608. The van der Waals surface area contributed by atoms with Crippen LogP contribution >= 0.6 is 0 Å². The van der Waals surface area contributed by atoms with Crippen LogP contribution in [0.4, 0.5) is 4.79 Å². The van der Waals surface area contributed by atoms with E-state index in [9.17, 15) is 14.4 Å². The van der Waals surface area contributed by atoms with E-state index in [0.717, 1.165) is 57.8 Å². The van der Waals surface area contributed by atoms with Gasteiger partial charge in [0, 0.05) is 6.04 Å². The second kappa shape index (κ2) is 9.01. The van der Waals surface area contributed by atoms with Crippen molar-refractivity contribution in [2.75, 3.05) is 6.61 Å². The van der Waals surface area contributed by atoms with E-state index in [1.807, 2.05) is 0 Å². The average Bonchev–Trinajstić information content (AvgIpc) is 2.79. The third-order valence-corrected chi connectivity index (χ3v) is 9.14. The van der Waals surface area contributed by atoms with Crippen LogP contribution in [-0.2, 0) is 19.7 Å². The summed E-state index contributed by atoms with van der Waals surface area (Å²) in [5.41, 5.74) is 3.48. The number of ether oxygens (including phenoxy) is 1. The van der Waals surface area contributed by atoms with Crippen molar-refractivity contribution < 1.29 is 19.1 Å². The average molecular weight is 467 g/mol. The Morgan fingerprint density at radius 1 is 0.971 bits per heavy atom. The van der Waals surface area contributed by atoms with Gasteiger partial charge >= 0.3 is 12.0 Å². The number of hydrogen-bond acceptors (Lipinski definition) is 4. The molecule has 6 rings (SSSR count). The molecular weight excluding hydrogens is 428 g/mol. The number of hydrogen-bond donors (Lipinski definition) is 2. The molecule has 0 aromatic heterocycles. The van der Waals surface area contributed by atoms with Crippen molar-refractivity contribution in [3.63, 3.8) is 0 Å². The summed E-state index contributed by atoms with van der Waals surface area (Å²) in [6.07, 6.45) is 11.3. The lowest BCUT2D eigenvalue weighted by Gasteiger charge is -2.61. The number of carbonyl (C=O) groups is 3. The van der Waals surface area contributed by atoms with Gasteiger partial charge in [-0.05, 0) is 99.2 Å². The van der Waals surface area contributed by atoms with E-state index < -0.39 is 24.0 Å². The van der Waals surface area contributed by atoms with Gasteiger partial charge in [-0.1, -0.05) is 37.5 Å². The molecule has 0 radical (unpaired) electrons. The first-order valence-corrected chi connectivity index (χ1v) is 13.1. The van der Waals surface area contributed by atoms with Crippen LogP contribution in [0.25, 0.3) is 0 Å². The van der Waals surface area contributed by atoms with Gasteiger partial charge in [-0.25, -0.2) is 4.79 Å². The van der Waals surface area contributed by atoms with Crippen molar-refractivity contribution >= 4 is 17.9 Å². The Kier molecular flexibility index (Phi) is 6.19. The number of aryl methyl sites for hydroxylation is 2. The molecule has 0 aliphatic heterocycles. The van der Waals surface area contributed by atoms with Crippen LogP contribution in [-0.4, -0.2) is 30.6 Å². The Labute approximate surface area is 202 Å². The number of benzene rings is 1. The normalized spacial score (nSPS) is 32.3. The van der Waals surface area contributed by atoms with Gasteiger partial charge in [0.1, 0.15) is 0 Å². The number of carbonyl (C=O) groups excluding carboxylic acids is 3. The molecule has 1 aromatic carbocycles. The second-order valence-electron chi connectivity index (χ2n) is 11.8. The van der Waals surface area contributed by atoms with Crippen molar-refractivity contribution in [2.24, 2.45) is 17.3 Å². The lowest BCUT2D eigenvalue weighted by molar-refractivity contribution is -0.175. The highest BCUT2D eigenvalue weighted by atomic mass is 16.5. The topological polar surface area (TPSA) is 84.5 Å². The fourth-order valence-electron chi connectivity index (χ4n) is 7.83. The predicted octanol–water partition coefficient (Wildman–Crippen LogP) is 4.84. The molecule has 2 N–H and O–H groups in total. The van der Waals surface area contributed by atoms with Crippen LogP contribution in [0.1, 0.15) is 87.3 Å². The van der Waals surface area contributed by atoms with E-state index in [2.05, 4.69) is 42.7 Å². The lowest BCUT2D eigenvalue weighted by Crippen LogP contribution is -2.57. The number of esters is 1. The summed E-state index contributed by atoms with van der Waals surface area (Å²) in [6, 6.07) is 6.41. The zero-order chi connectivity index (χ0) is 23.9. The third-order valence-electron chi connectivity index (χ3n) is 9.14. The van der Waals surface area contributed by atoms with Crippen molar-refractivity contribution in [3.8, 4) is 0 Å². The van der Waals surface area contributed by atoms with Gasteiger partial charge in [0.2, 0.25) is 0 Å². The van der Waals surface area contributed by atoms with Crippen molar-refractivity contribution in [1.29, 1.82) is 0 Å². The summed E-state index contributed by atoms with van der Waals surface area (Å²) in [5, 5.41) is 5.20. The zero-order valence-electron chi connectivity index (χ0n) is 20.6. The number of urea groups is 1. The molecule has 34 heavy (non-hydrogen) atoms. The van der Waals surface area contributed by atoms with Gasteiger partial charge in [0.05, 0.1) is 5.41 Å². The van der Waals surface area contributed by atoms with Gasteiger partial charge in [-0.15, -0.1) is 0 Å². The Morgan fingerprint density at radius 3 is 2.35 bits per heavy atom. The highest BCUT2D eigenvalue weighted by Gasteiger charge is 2.61. The van der Waals surface area contributed by atoms with Gasteiger partial charge in [0.25, 0.3) is 5.91 Å². The molecule has 0 saturated heterocycles. The van der Waals surface area contributed by atoms with Crippen LogP contribution < -0.4 is 10.6 Å². The van der Waals surface area contributed by atoms with Gasteiger partial charge in [0.15, 0.2) is 6.61 Å². The molecule has 6 nitrogen and oxygen atoms in total. The Hall–Kier alpha value is -2.37. The predicted molar refractivity (Wildman–Crippen MR) is 129 cm³/mol. The minimum atomic E-state index is -0.560. The first kappa shape index (κ1) is 23.4. The standard InChI is InChI=1S/C28H38N2O4/c1-18-8-9-22(10-19(18)2)27-12-20-11-21(13-27)15-28(14-20,17-27)25(32)34-16-24(31)30-26(33)29-23-6-4-3-5-7-23/h8-10,20-21,23H,3-7,11-17H2,1-2H3,(H2,29,30,31,33)/t20-,21+,27?,28?. The molecule has 6 heteroatoms. The van der Waals surface area contributed by atoms with Crippen molar-refractivity contribution in [1.82, 2.24) is 10.6 Å². The van der Waals surface area contributed by atoms with Crippen molar-refractivity contribution in [3.05, 3.63) is 34.9 Å².